The standard InChI is InChI=1S/C23H29FN8O/c1-4-30-9-11-31(12-10-30)21-8-6-18(24)13-20(21)17(3)26-23(33)27-19-7-5-16(2)22(14-19)32-15-25-28-29-32/h5-8,13-15,17H,4,9-12H2,1-3H3,(H2,26,27,33). The van der Waals surface area contributed by atoms with Gasteiger partial charge in [-0.2, -0.15) is 0 Å². The molecule has 1 saturated heterocycles. The minimum atomic E-state index is -0.385. The highest BCUT2D eigenvalue weighted by Crippen LogP contribution is 2.28. The van der Waals surface area contributed by atoms with Crippen LogP contribution < -0.4 is 15.5 Å². The number of carbonyl (C=O) groups excluding carboxylic acids is 1. The SMILES string of the molecule is CCN1CCN(c2ccc(F)cc2C(C)NC(=O)Nc2ccc(C)c(-n3cnnn3)c2)CC1. The summed E-state index contributed by atoms with van der Waals surface area (Å²) in [6.07, 6.45) is 1.50. The first-order chi connectivity index (χ1) is 15.9. The highest BCUT2D eigenvalue weighted by atomic mass is 19.1. The lowest BCUT2D eigenvalue weighted by Crippen LogP contribution is -2.46. The summed E-state index contributed by atoms with van der Waals surface area (Å²) in [6.45, 7) is 10.7. The second kappa shape index (κ2) is 9.95. The Balaban J connectivity index is 1.46. The summed E-state index contributed by atoms with van der Waals surface area (Å²) >= 11 is 0. The van der Waals surface area contributed by atoms with E-state index in [0.717, 1.165) is 55.2 Å². The summed E-state index contributed by atoms with van der Waals surface area (Å²) in [5, 5.41) is 17.0. The van der Waals surface area contributed by atoms with Crippen molar-refractivity contribution in [2.45, 2.75) is 26.8 Å². The number of anilines is 2. The maximum Gasteiger partial charge on any atom is 0.319 e. The molecule has 9 nitrogen and oxygen atoms in total. The van der Waals surface area contributed by atoms with E-state index < -0.39 is 0 Å². The predicted molar refractivity (Wildman–Crippen MR) is 125 cm³/mol. The lowest BCUT2D eigenvalue weighted by atomic mass is 10.0. The number of likely N-dealkylation sites (N-methyl/N-ethyl adjacent to an activating group) is 1. The van der Waals surface area contributed by atoms with Gasteiger partial charge in [0.25, 0.3) is 0 Å². The van der Waals surface area contributed by atoms with Crippen LogP contribution in [0.25, 0.3) is 5.69 Å². The number of nitrogens with zero attached hydrogens (tertiary/aromatic N) is 6. The van der Waals surface area contributed by atoms with Crippen molar-refractivity contribution in [2.75, 3.05) is 42.9 Å². The second-order valence-electron chi connectivity index (χ2n) is 8.20. The second-order valence-corrected chi connectivity index (χ2v) is 8.20. The molecule has 2 N–H and O–H groups in total. The van der Waals surface area contributed by atoms with Gasteiger partial charge >= 0.3 is 6.03 Å². The van der Waals surface area contributed by atoms with Gasteiger partial charge in [-0.25, -0.2) is 13.9 Å². The lowest BCUT2D eigenvalue weighted by molar-refractivity contribution is 0.249. The lowest BCUT2D eigenvalue weighted by Gasteiger charge is -2.37. The van der Waals surface area contributed by atoms with Crippen LogP contribution in [-0.2, 0) is 0 Å². The molecule has 3 aromatic rings. The molecular formula is C23H29FN8O. The van der Waals surface area contributed by atoms with Crippen molar-refractivity contribution in [3.63, 3.8) is 0 Å². The molecule has 0 spiro atoms. The summed E-state index contributed by atoms with van der Waals surface area (Å²) < 4.78 is 15.7. The Morgan fingerprint density at radius 3 is 2.61 bits per heavy atom. The number of piperazine rings is 1. The van der Waals surface area contributed by atoms with Crippen LogP contribution in [0, 0.1) is 12.7 Å². The predicted octanol–water partition coefficient (Wildman–Crippen LogP) is 3.13. The molecule has 1 aliphatic heterocycles. The smallest absolute Gasteiger partial charge is 0.319 e. The molecular weight excluding hydrogens is 423 g/mol. The highest BCUT2D eigenvalue weighted by Gasteiger charge is 2.22. The van der Waals surface area contributed by atoms with Gasteiger partial charge in [0.1, 0.15) is 12.1 Å². The number of hydrogen-bond acceptors (Lipinski definition) is 6. The van der Waals surface area contributed by atoms with Gasteiger partial charge in [-0.15, -0.1) is 5.10 Å². The number of benzene rings is 2. The number of carbonyl (C=O) groups is 1. The van der Waals surface area contributed by atoms with E-state index in [1.807, 2.05) is 26.0 Å². The Labute approximate surface area is 192 Å². The number of aromatic nitrogens is 4. The van der Waals surface area contributed by atoms with Crippen molar-refractivity contribution in [3.8, 4) is 5.69 Å². The van der Waals surface area contributed by atoms with E-state index in [9.17, 15) is 9.18 Å². The Morgan fingerprint density at radius 1 is 1.12 bits per heavy atom. The maximum atomic E-state index is 14.1. The minimum Gasteiger partial charge on any atom is -0.369 e. The van der Waals surface area contributed by atoms with E-state index in [1.54, 1.807) is 16.8 Å². The number of nitrogens with one attached hydrogen (secondary N) is 2. The van der Waals surface area contributed by atoms with Crippen LogP contribution >= 0.6 is 0 Å². The zero-order valence-electron chi connectivity index (χ0n) is 19.1. The first-order valence-corrected chi connectivity index (χ1v) is 11.1. The molecule has 1 unspecified atom stereocenters. The van der Waals surface area contributed by atoms with Gasteiger partial charge in [-0.1, -0.05) is 13.0 Å². The fraction of sp³-hybridized carbons (Fsp3) is 0.391. The number of hydrogen-bond donors (Lipinski definition) is 2. The van der Waals surface area contributed by atoms with E-state index in [0.29, 0.717) is 5.69 Å². The number of tetrazole rings is 1. The van der Waals surface area contributed by atoms with Crippen molar-refractivity contribution in [1.82, 2.24) is 30.4 Å². The van der Waals surface area contributed by atoms with Crippen LogP contribution in [0.2, 0.25) is 0 Å². The van der Waals surface area contributed by atoms with E-state index in [-0.39, 0.29) is 17.9 Å². The molecule has 2 aromatic carbocycles. The van der Waals surface area contributed by atoms with E-state index in [1.165, 1.54) is 18.5 Å². The molecule has 4 rings (SSSR count). The molecule has 1 atom stereocenters. The molecule has 2 amide bonds. The number of urea groups is 1. The molecule has 33 heavy (non-hydrogen) atoms. The quantitative estimate of drug-likeness (QED) is 0.597. The number of amides is 2. The van der Waals surface area contributed by atoms with Crippen LogP contribution in [-0.4, -0.2) is 63.9 Å². The number of aryl methyl sites for hydroxylation is 1. The van der Waals surface area contributed by atoms with Crippen LogP contribution in [0.4, 0.5) is 20.6 Å². The van der Waals surface area contributed by atoms with Gasteiger partial charge in [-0.3, -0.25) is 0 Å². The van der Waals surface area contributed by atoms with Crippen molar-refractivity contribution >= 4 is 17.4 Å². The minimum absolute atomic E-state index is 0.320. The molecule has 2 heterocycles. The van der Waals surface area contributed by atoms with E-state index in [4.69, 9.17) is 0 Å². The van der Waals surface area contributed by atoms with Crippen LogP contribution in [0.1, 0.15) is 31.0 Å². The number of rotatable bonds is 6. The van der Waals surface area contributed by atoms with Gasteiger partial charge in [0.2, 0.25) is 0 Å². The molecule has 0 bridgehead atoms. The van der Waals surface area contributed by atoms with Crippen LogP contribution in [0.3, 0.4) is 0 Å². The number of halogens is 1. The summed E-state index contributed by atoms with van der Waals surface area (Å²) in [6, 6.07) is 9.53. The molecule has 174 valence electrons. The largest absolute Gasteiger partial charge is 0.369 e. The van der Waals surface area contributed by atoms with Gasteiger partial charge in [0, 0.05) is 43.1 Å². The van der Waals surface area contributed by atoms with E-state index >= 15 is 0 Å². The first kappa shape index (κ1) is 22.7. The zero-order chi connectivity index (χ0) is 23.4. The average molecular weight is 453 g/mol. The van der Waals surface area contributed by atoms with Gasteiger partial charge in [0.05, 0.1) is 11.7 Å². The summed E-state index contributed by atoms with van der Waals surface area (Å²) in [5.41, 5.74) is 4.05. The Hall–Kier alpha value is -3.53. The normalized spacial score (nSPS) is 15.3. The zero-order valence-corrected chi connectivity index (χ0v) is 19.1. The summed E-state index contributed by atoms with van der Waals surface area (Å²) in [7, 11) is 0. The molecule has 1 aromatic heterocycles. The van der Waals surface area contributed by atoms with Crippen LogP contribution in [0.15, 0.2) is 42.7 Å². The Kier molecular flexibility index (Phi) is 6.83. The first-order valence-electron chi connectivity index (χ1n) is 11.1. The molecule has 0 saturated carbocycles. The van der Waals surface area contributed by atoms with Gasteiger partial charge < -0.3 is 20.4 Å². The van der Waals surface area contributed by atoms with Crippen molar-refractivity contribution in [2.24, 2.45) is 0 Å². The third kappa shape index (κ3) is 5.28. The van der Waals surface area contributed by atoms with Gasteiger partial charge in [-0.05, 0) is 66.7 Å². The molecule has 1 aliphatic rings. The van der Waals surface area contributed by atoms with Gasteiger partial charge in [0.15, 0.2) is 0 Å². The van der Waals surface area contributed by atoms with Crippen molar-refractivity contribution in [3.05, 3.63) is 59.7 Å². The monoisotopic (exact) mass is 452 g/mol. The molecule has 0 radical (unpaired) electrons. The molecule has 0 aliphatic carbocycles. The van der Waals surface area contributed by atoms with Crippen molar-refractivity contribution < 1.29 is 9.18 Å². The van der Waals surface area contributed by atoms with Crippen molar-refractivity contribution in [1.29, 1.82) is 0 Å². The molecule has 1 fully saturated rings. The van der Waals surface area contributed by atoms with Crippen LogP contribution in [0.5, 0.6) is 0 Å². The summed E-state index contributed by atoms with van der Waals surface area (Å²) in [4.78, 5) is 17.4. The third-order valence-corrected chi connectivity index (χ3v) is 6.03. The fourth-order valence-corrected chi connectivity index (χ4v) is 4.11. The molecule has 10 heteroatoms. The Morgan fingerprint density at radius 2 is 1.91 bits per heavy atom. The summed E-state index contributed by atoms with van der Waals surface area (Å²) in [5.74, 6) is -0.320. The topological polar surface area (TPSA) is 91.2 Å². The third-order valence-electron chi connectivity index (χ3n) is 6.03. The maximum absolute atomic E-state index is 14.1. The Bertz CT molecular complexity index is 1100. The average Bonchev–Trinajstić information content (AvgIpc) is 3.35. The fourth-order valence-electron chi connectivity index (χ4n) is 4.11. The van der Waals surface area contributed by atoms with E-state index in [2.05, 4.69) is 42.9 Å². The highest BCUT2D eigenvalue weighted by molar-refractivity contribution is 5.90.